The van der Waals surface area contributed by atoms with Crippen LogP contribution in [-0.4, -0.2) is 52.1 Å². The number of carboxylic acid groups (broad SMARTS) is 1. The standard InChI is InChI=1S/C12H20N2O3S2/c1-3-5-18-7-9(13)11(15)14-10(12(16)17)8-19-6-4-2/h3-4,9-10H,1-2,5-8,13H2,(H,14,15)(H,16,17). The van der Waals surface area contributed by atoms with Crippen molar-refractivity contribution < 1.29 is 14.7 Å². The summed E-state index contributed by atoms with van der Waals surface area (Å²) in [6, 6.07) is -1.64. The topological polar surface area (TPSA) is 92.4 Å². The molecule has 0 aliphatic heterocycles. The zero-order chi connectivity index (χ0) is 14.7. The Labute approximate surface area is 122 Å². The van der Waals surface area contributed by atoms with Crippen molar-refractivity contribution in [1.82, 2.24) is 5.32 Å². The summed E-state index contributed by atoms with van der Waals surface area (Å²) >= 11 is 2.87. The molecule has 0 aromatic carbocycles. The molecule has 0 bridgehead atoms. The smallest absolute Gasteiger partial charge is 0.327 e. The lowest BCUT2D eigenvalue weighted by Crippen LogP contribution is -2.50. The SMILES string of the molecule is C=CCSCC(N)C(=O)NC(CSCC=C)C(=O)O. The van der Waals surface area contributed by atoms with Crippen LogP contribution in [0.2, 0.25) is 0 Å². The van der Waals surface area contributed by atoms with Crippen molar-refractivity contribution >= 4 is 35.4 Å². The fourth-order valence-corrected chi connectivity index (χ4v) is 2.55. The number of carboxylic acids is 1. The first-order chi connectivity index (χ1) is 9.02. The summed E-state index contributed by atoms with van der Waals surface area (Å²) in [6.07, 6.45) is 3.41. The van der Waals surface area contributed by atoms with Crippen molar-refractivity contribution in [3.05, 3.63) is 25.3 Å². The molecule has 0 rings (SSSR count). The highest BCUT2D eigenvalue weighted by Crippen LogP contribution is 2.05. The van der Waals surface area contributed by atoms with E-state index in [1.54, 1.807) is 12.2 Å². The van der Waals surface area contributed by atoms with Crippen LogP contribution in [-0.2, 0) is 9.59 Å². The monoisotopic (exact) mass is 304 g/mol. The van der Waals surface area contributed by atoms with Crippen LogP contribution in [0.25, 0.3) is 0 Å². The van der Waals surface area contributed by atoms with Gasteiger partial charge >= 0.3 is 5.97 Å². The highest BCUT2D eigenvalue weighted by Gasteiger charge is 2.22. The van der Waals surface area contributed by atoms with Crippen LogP contribution in [0, 0.1) is 0 Å². The third-order valence-corrected chi connectivity index (χ3v) is 4.11. The van der Waals surface area contributed by atoms with Crippen LogP contribution in [0.3, 0.4) is 0 Å². The summed E-state index contributed by atoms with van der Waals surface area (Å²) in [7, 11) is 0. The predicted octanol–water partition coefficient (Wildman–Crippen LogP) is 0.722. The summed E-state index contributed by atoms with van der Waals surface area (Å²) in [5.41, 5.74) is 5.68. The number of nitrogens with two attached hydrogens (primary N) is 1. The Bertz CT molecular complexity index is 324. The fraction of sp³-hybridized carbons (Fsp3) is 0.500. The Morgan fingerprint density at radius 2 is 1.74 bits per heavy atom. The van der Waals surface area contributed by atoms with Gasteiger partial charge in [0.05, 0.1) is 6.04 Å². The molecule has 4 N–H and O–H groups in total. The van der Waals surface area contributed by atoms with Crippen molar-refractivity contribution in [2.24, 2.45) is 5.73 Å². The van der Waals surface area contributed by atoms with Crippen LogP contribution in [0.15, 0.2) is 25.3 Å². The summed E-state index contributed by atoms with van der Waals surface area (Å²) in [5, 5.41) is 11.4. The van der Waals surface area contributed by atoms with Crippen LogP contribution >= 0.6 is 23.5 Å². The molecular formula is C12H20N2O3S2. The molecule has 2 unspecified atom stereocenters. The number of nitrogens with one attached hydrogen (secondary N) is 1. The first kappa shape index (κ1) is 18.1. The zero-order valence-corrected chi connectivity index (χ0v) is 12.3. The summed E-state index contributed by atoms with van der Waals surface area (Å²) in [5.74, 6) is 0.572. The van der Waals surface area contributed by atoms with Crippen molar-refractivity contribution in [3.63, 3.8) is 0 Å². The number of thioether (sulfide) groups is 2. The van der Waals surface area contributed by atoms with Gasteiger partial charge in [0, 0.05) is 23.0 Å². The third kappa shape index (κ3) is 8.74. The molecule has 0 spiro atoms. The number of carbonyl (C=O) groups excluding carboxylic acids is 1. The Kier molecular flexibility index (Phi) is 10.4. The maximum atomic E-state index is 11.7. The van der Waals surface area contributed by atoms with Crippen molar-refractivity contribution in [3.8, 4) is 0 Å². The molecule has 7 heteroatoms. The number of hydrogen-bond acceptors (Lipinski definition) is 5. The minimum atomic E-state index is -1.06. The van der Waals surface area contributed by atoms with Crippen molar-refractivity contribution in [2.75, 3.05) is 23.0 Å². The lowest BCUT2D eigenvalue weighted by Gasteiger charge is -2.17. The third-order valence-electron chi connectivity index (χ3n) is 2.00. The van der Waals surface area contributed by atoms with E-state index in [9.17, 15) is 9.59 Å². The van der Waals surface area contributed by atoms with Crippen molar-refractivity contribution in [2.45, 2.75) is 12.1 Å². The first-order valence-corrected chi connectivity index (χ1v) is 7.99. The van der Waals surface area contributed by atoms with E-state index in [1.807, 2.05) is 0 Å². The average molecular weight is 304 g/mol. The number of carbonyl (C=O) groups is 2. The van der Waals surface area contributed by atoms with Crippen LogP contribution in [0.4, 0.5) is 0 Å². The second-order valence-electron chi connectivity index (χ2n) is 3.66. The van der Waals surface area contributed by atoms with Gasteiger partial charge in [0.1, 0.15) is 6.04 Å². The van der Waals surface area contributed by atoms with Gasteiger partial charge in [-0.25, -0.2) is 4.79 Å². The van der Waals surface area contributed by atoms with Gasteiger partial charge in [-0.05, 0) is 0 Å². The molecule has 0 heterocycles. The number of amides is 1. The van der Waals surface area contributed by atoms with Crippen molar-refractivity contribution in [1.29, 1.82) is 0 Å². The van der Waals surface area contributed by atoms with Gasteiger partial charge in [-0.2, -0.15) is 23.5 Å². The van der Waals surface area contributed by atoms with E-state index in [2.05, 4.69) is 18.5 Å². The molecular weight excluding hydrogens is 284 g/mol. The molecule has 2 atom stereocenters. The van der Waals surface area contributed by atoms with Crippen LogP contribution in [0.5, 0.6) is 0 Å². The van der Waals surface area contributed by atoms with Gasteiger partial charge in [-0.3, -0.25) is 4.79 Å². The van der Waals surface area contributed by atoms with E-state index < -0.39 is 24.0 Å². The number of hydrogen-bond donors (Lipinski definition) is 3. The molecule has 0 fully saturated rings. The summed E-state index contributed by atoms with van der Waals surface area (Å²) < 4.78 is 0. The molecule has 0 aromatic heterocycles. The van der Waals surface area contributed by atoms with Gasteiger partial charge in [0.15, 0.2) is 0 Å². The second kappa shape index (κ2) is 11.0. The van der Waals surface area contributed by atoms with E-state index in [0.29, 0.717) is 23.0 Å². The Morgan fingerprint density at radius 1 is 1.21 bits per heavy atom. The normalized spacial score (nSPS) is 13.3. The van der Waals surface area contributed by atoms with E-state index in [1.165, 1.54) is 23.5 Å². The average Bonchev–Trinajstić information content (AvgIpc) is 2.37. The van der Waals surface area contributed by atoms with E-state index >= 15 is 0 Å². The Balaban J connectivity index is 4.17. The molecule has 0 saturated heterocycles. The molecule has 108 valence electrons. The second-order valence-corrected chi connectivity index (χ2v) is 5.81. The Morgan fingerprint density at radius 3 is 2.21 bits per heavy atom. The van der Waals surface area contributed by atoms with Gasteiger partial charge in [0.2, 0.25) is 5.91 Å². The lowest BCUT2D eigenvalue weighted by atomic mass is 10.3. The first-order valence-electron chi connectivity index (χ1n) is 5.69. The number of rotatable bonds is 11. The van der Waals surface area contributed by atoms with Crippen LogP contribution < -0.4 is 11.1 Å². The van der Waals surface area contributed by atoms with E-state index in [4.69, 9.17) is 10.8 Å². The zero-order valence-electron chi connectivity index (χ0n) is 10.7. The van der Waals surface area contributed by atoms with Gasteiger partial charge in [-0.15, -0.1) is 13.2 Å². The quantitative estimate of drug-likeness (QED) is 0.385. The Hall–Kier alpha value is -0.920. The van der Waals surface area contributed by atoms with Gasteiger partial charge in [0.25, 0.3) is 0 Å². The highest BCUT2D eigenvalue weighted by atomic mass is 32.2. The fourth-order valence-electron chi connectivity index (χ4n) is 1.08. The molecule has 0 aromatic rings. The van der Waals surface area contributed by atoms with E-state index in [-0.39, 0.29) is 0 Å². The van der Waals surface area contributed by atoms with Gasteiger partial charge < -0.3 is 16.2 Å². The van der Waals surface area contributed by atoms with E-state index in [0.717, 1.165) is 0 Å². The summed E-state index contributed by atoms with van der Waals surface area (Å²) in [4.78, 5) is 22.7. The molecule has 0 radical (unpaired) electrons. The minimum Gasteiger partial charge on any atom is -0.480 e. The largest absolute Gasteiger partial charge is 0.480 e. The van der Waals surface area contributed by atoms with Gasteiger partial charge in [-0.1, -0.05) is 12.2 Å². The molecule has 19 heavy (non-hydrogen) atoms. The molecule has 0 aliphatic carbocycles. The number of aliphatic carboxylic acids is 1. The maximum absolute atomic E-state index is 11.7. The molecule has 0 saturated carbocycles. The minimum absolute atomic E-state index is 0.291. The molecule has 0 aliphatic rings. The predicted molar refractivity (Wildman–Crippen MR) is 82.6 cm³/mol. The summed E-state index contributed by atoms with van der Waals surface area (Å²) in [6.45, 7) is 7.11. The molecule has 5 nitrogen and oxygen atoms in total. The van der Waals surface area contributed by atoms with Crippen LogP contribution in [0.1, 0.15) is 0 Å². The lowest BCUT2D eigenvalue weighted by molar-refractivity contribution is -0.141. The highest BCUT2D eigenvalue weighted by molar-refractivity contribution is 7.99. The maximum Gasteiger partial charge on any atom is 0.327 e. The molecule has 1 amide bonds.